The molecule has 1 aromatic heterocycles. The van der Waals surface area contributed by atoms with Crippen LogP contribution in [0.25, 0.3) is 10.6 Å². The Balaban J connectivity index is 1.70. The van der Waals surface area contributed by atoms with Crippen LogP contribution in [0.1, 0.15) is 16.1 Å². The highest BCUT2D eigenvalue weighted by Crippen LogP contribution is 2.27. The lowest BCUT2D eigenvalue weighted by Crippen LogP contribution is -2.10. The molecule has 0 aliphatic carbocycles. The average Bonchev–Trinajstić information content (AvgIpc) is 3.03. The maximum absolute atomic E-state index is 11.1. The Kier molecular flexibility index (Phi) is 4.73. The number of carbonyl (C=O) groups is 1. The molecule has 1 amide bonds. The summed E-state index contributed by atoms with van der Waals surface area (Å²) in [4.78, 5) is 15.7. The predicted octanol–water partition coefficient (Wildman–Crippen LogP) is 4.25. The standard InChI is InChI=1S/C17H13BrN2O2S/c18-14-3-1-2-4-15(14)22-9-13-10-23-17(20-13)12-7-5-11(6-8-12)16(19)21/h1-8,10H,9H2,(H2,19,21). The van der Waals surface area contributed by atoms with Gasteiger partial charge in [-0.25, -0.2) is 4.98 Å². The molecule has 1 heterocycles. The summed E-state index contributed by atoms with van der Waals surface area (Å²) in [5.41, 5.74) is 7.54. The first-order valence-corrected chi connectivity index (χ1v) is 8.53. The van der Waals surface area contributed by atoms with E-state index in [9.17, 15) is 4.79 Å². The van der Waals surface area contributed by atoms with E-state index in [1.54, 1.807) is 12.1 Å². The van der Waals surface area contributed by atoms with Gasteiger partial charge in [0.25, 0.3) is 0 Å². The van der Waals surface area contributed by atoms with E-state index < -0.39 is 5.91 Å². The quantitative estimate of drug-likeness (QED) is 0.710. The van der Waals surface area contributed by atoms with Crippen LogP contribution in [0.15, 0.2) is 58.4 Å². The number of hydrogen-bond donors (Lipinski definition) is 1. The van der Waals surface area contributed by atoms with Crippen molar-refractivity contribution >= 4 is 33.2 Å². The Bertz CT molecular complexity index is 831. The zero-order valence-electron chi connectivity index (χ0n) is 12.0. The highest BCUT2D eigenvalue weighted by Gasteiger charge is 2.07. The predicted molar refractivity (Wildman–Crippen MR) is 94.5 cm³/mol. The molecule has 0 unspecified atom stereocenters. The summed E-state index contributed by atoms with van der Waals surface area (Å²) in [6.07, 6.45) is 0. The molecule has 0 spiro atoms. The fourth-order valence-electron chi connectivity index (χ4n) is 2.00. The van der Waals surface area contributed by atoms with Gasteiger partial charge in [-0.1, -0.05) is 24.3 Å². The molecule has 0 aliphatic rings. The van der Waals surface area contributed by atoms with Gasteiger partial charge < -0.3 is 10.5 Å². The van der Waals surface area contributed by atoms with Crippen molar-refractivity contribution in [2.24, 2.45) is 5.73 Å². The normalized spacial score (nSPS) is 10.5. The zero-order chi connectivity index (χ0) is 16.2. The Morgan fingerprint density at radius 3 is 2.61 bits per heavy atom. The van der Waals surface area contributed by atoms with Crippen LogP contribution in [0.4, 0.5) is 0 Å². The number of hydrogen-bond acceptors (Lipinski definition) is 4. The minimum Gasteiger partial charge on any atom is -0.486 e. The molecule has 2 N–H and O–H groups in total. The fraction of sp³-hybridized carbons (Fsp3) is 0.0588. The third-order valence-electron chi connectivity index (χ3n) is 3.18. The molecule has 0 radical (unpaired) electrons. The Morgan fingerprint density at radius 2 is 1.91 bits per heavy atom. The first-order chi connectivity index (χ1) is 11.1. The van der Waals surface area contributed by atoms with E-state index in [1.165, 1.54) is 11.3 Å². The monoisotopic (exact) mass is 388 g/mol. The molecule has 0 aliphatic heterocycles. The Labute approximate surface area is 146 Å². The van der Waals surface area contributed by atoms with Crippen molar-refractivity contribution < 1.29 is 9.53 Å². The molecule has 0 saturated heterocycles. The van der Waals surface area contributed by atoms with Gasteiger partial charge in [0, 0.05) is 16.5 Å². The van der Waals surface area contributed by atoms with Gasteiger partial charge in [0.05, 0.1) is 10.2 Å². The van der Waals surface area contributed by atoms with Crippen LogP contribution in [0.2, 0.25) is 0 Å². The SMILES string of the molecule is NC(=O)c1ccc(-c2nc(COc3ccccc3Br)cs2)cc1. The van der Waals surface area contributed by atoms with Gasteiger partial charge in [0.1, 0.15) is 17.4 Å². The second kappa shape index (κ2) is 6.93. The minimum absolute atomic E-state index is 0.401. The number of carbonyl (C=O) groups excluding carboxylic acids is 1. The van der Waals surface area contributed by atoms with Gasteiger partial charge in [-0.05, 0) is 40.2 Å². The van der Waals surface area contributed by atoms with Crippen molar-refractivity contribution in [3.8, 4) is 16.3 Å². The number of nitrogens with two attached hydrogens (primary N) is 1. The van der Waals surface area contributed by atoms with Crippen LogP contribution in [0.5, 0.6) is 5.75 Å². The summed E-state index contributed by atoms with van der Waals surface area (Å²) < 4.78 is 6.67. The number of ether oxygens (including phenoxy) is 1. The zero-order valence-corrected chi connectivity index (χ0v) is 14.4. The molecule has 4 nitrogen and oxygen atoms in total. The molecule has 3 rings (SSSR count). The van der Waals surface area contributed by atoms with E-state index in [0.717, 1.165) is 26.5 Å². The van der Waals surface area contributed by atoms with Crippen molar-refractivity contribution in [2.45, 2.75) is 6.61 Å². The topological polar surface area (TPSA) is 65.2 Å². The number of para-hydroxylation sites is 1. The highest BCUT2D eigenvalue weighted by atomic mass is 79.9. The van der Waals surface area contributed by atoms with Crippen molar-refractivity contribution in [1.82, 2.24) is 4.98 Å². The largest absolute Gasteiger partial charge is 0.486 e. The second-order valence-corrected chi connectivity index (χ2v) is 6.52. The van der Waals surface area contributed by atoms with Gasteiger partial charge >= 0.3 is 0 Å². The maximum Gasteiger partial charge on any atom is 0.248 e. The lowest BCUT2D eigenvalue weighted by molar-refractivity contribution is 0.100. The third kappa shape index (κ3) is 3.78. The minimum atomic E-state index is -0.432. The molecule has 0 bridgehead atoms. The van der Waals surface area contributed by atoms with Crippen LogP contribution in [-0.2, 0) is 6.61 Å². The van der Waals surface area contributed by atoms with Gasteiger partial charge in [-0.3, -0.25) is 4.79 Å². The molecule has 23 heavy (non-hydrogen) atoms. The number of aromatic nitrogens is 1. The fourth-order valence-corrected chi connectivity index (χ4v) is 3.21. The van der Waals surface area contributed by atoms with Crippen molar-refractivity contribution in [3.63, 3.8) is 0 Å². The van der Waals surface area contributed by atoms with E-state index in [1.807, 2.05) is 41.8 Å². The first-order valence-electron chi connectivity index (χ1n) is 6.85. The molecule has 2 aromatic carbocycles. The molecule has 3 aromatic rings. The first kappa shape index (κ1) is 15.7. The van der Waals surface area contributed by atoms with Crippen molar-refractivity contribution in [2.75, 3.05) is 0 Å². The van der Waals surface area contributed by atoms with E-state index >= 15 is 0 Å². The molecular formula is C17H13BrN2O2S. The molecule has 0 atom stereocenters. The number of primary amides is 1. The molecule has 0 saturated carbocycles. The third-order valence-corrected chi connectivity index (χ3v) is 4.78. The Morgan fingerprint density at radius 1 is 1.17 bits per heavy atom. The smallest absolute Gasteiger partial charge is 0.248 e. The highest BCUT2D eigenvalue weighted by molar-refractivity contribution is 9.10. The lowest BCUT2D eigenvalue weighted by atomic mass is 10.1. The van der Waals surface area contributed by atoms with Crippen LogP contribution in [-0.4, -0.2) is 10.9 Å². The van der Waals surface area contributed by atoms with Gasteiger partial charge in [-0.15, -0.1) is 11.3 Å². The number of amides is 1. The number of thiazole rings is 1. The Hall–Kier alpha value is -2.18. The van der Waals surface area contributed by atoms with E-state index in [2.05, 4.69) is 20.9 Å². The molecule has 0 fully saturated rings. The summed E-state index contributed by atoms with van der Waals surface area (Å²) >= 11 is 4.99. The number of nitrogens with zero attached hydrogens (tertiary/aromatic N) is 1. The average molecular weight is 389 g/mol. The van der Waals surface area contributed by atoms with Crippen LogP contribution in [0, 0.1) is 0 Å². The van der Waals surface area contributed by atoms with E-state index in [-0.39, 0.29) is 0 Å². The van der Waals surface area contributed by atoms with E-state index in [0.29, 0.717) is 12.2 Å². The van der Waals surface area contributed by atoms with Gasteiger partial charge in [-0.2, -0.15) is 0 Å². The molecule has 6 heteroatoms. The summed E-state index contributed by atoms with van der Waals surface area (Å²) in [5.74, 6) is 0.353. The number of rotatable bonds is 5. The lowest BCUT2D eigenvalue weighted by Gasteiger charge is -2.05. The summed E-state index contributed by atoms with van der Waals surface area (Å²) in [6.45, 7) is 0.401. The van der Waals surface area contributed by atoms with Gasteiger partial charge in [0.2, 0.25) is 5.91 Å². The second-order valence-electron chi connectivity index (χ2n) is 4.80. The molecular weight excluding hydrogens is 376 g/mol. The summed E-state index contributed by atoms with van der Waals surface area (Å²) in [7, 11) is 0. The van der Waals surface area contributed by atoms with E-state index in [4.69, 9.17) is 10.5 Å². The summed E-state index contributed by atoms with van der Waals surface area (Å²) in [6, 6.07) is 14.8. The summed E-state index contributed by atoms with van der Waals surface area (Å²) in [5, 5.41) is 2.85. The van der Waals surface area contributed by atoms with Gasteiger partial charge in [0.15, 0.2) is 0 Å². The van der Waals surface area contributed by atoms with Crippen LogP contribution >= 0.6 is 27.3 Å². The number of benzene rings is 2. The number of halogens is 1. The van der Waals surface area contributed by atoms with Crippen molar-refractivity contribution in [1.29, 1.82) is 0 Å². The van der Waals surface area contributed by atoms with Crippen LogP contribution in [0.3, 0.4) is 0 Å². The molecule has 116 valence electrons. The maximum atomic E-state index is 11.1. The van der Waals surface area contributed by atoms with Crippen LogP contribution < -0.4 is 10.5 Å². The van der Waals surface area contributed by atoms with Crippen molar-refractivity contribution in [3.05, 3.63) is 69.6 Å².